The summed E-state index contributed by atoms with van der Waals surface area (Å²) in [7, 11) is 0. The molecule has 106 valence electrons. The van der Waals surface area contributed by atoms with Gasteiger partial charge in [0.2, 0.25) is 0 Å². The van der Waals surface area contributed by atoms with Crippen LogP contribution in [0.5, 0.6) is 5.75 Å². The van der Waals surface area contributed by atoms with Gasteiger partial charge in [-0.1, -0.05) is 29.8 Å². The molecule has 0 aliphatic carbocycles. The van der Waals surface area contributed by atoms with E-state index in [4.69, 9.17) is 22.1 Å². The van der Waals surface area contributed by atoms with Crippen LogP contribution in [0.3, 0.4) is 0 Å². The average molecular weight is 294 g/mol. The summed E-state index contributed by atoms with van der Waals surface area (Å²) in [6.45, 7) is 2.53. The predicted molar refractivity (Wildman–Crippen MR) is 79.7 cm³/mol. The monoisotopic (exact) mass is 293 g/mol. The number of halogens is 2. The van der Waals surface area contributed by atoms with E-state index in [1.807, 2.05) is 31.2 Å². The van der Waals surface area contributed by atoms with E-state index in [9.17, 15) is 4.39 Å². The van der Waals surface area contributed by atoms with E-state index >= 15 is 0 Å². The van der Waals surface area contributed by atoms with Crippen molar-refractivity contribution in [2.45, 2.75) is 19.4 Å². The molecule has 1 unspecified atom stereocenters. The highest BCUT2D eigenvalue weighted by atomic mass is 35.5. The first-order valence-corrected chi connectivity index (χ1v) is 6.91. The summed E-state index contributed by atoms with van der Waals surface area (Å²) in [4.78, 5) is 0. The minimum absolute atomic E-state index is 0.357. The molecule has 0 bridgehead atoms. The topological polar surface area (TPSA) is 35.2 Å². The lowest BCUT2D eigenvalue weighted by Crippen LogP contribution is -2.15. The summed E-state index contributed by atoms with van der Waals surface area (Å²) in [5.41, 5.74) is 7.43. The van der Waals surface area contributed by atoms with Gasteiger partial charge in [0.25, 0.3) is 0 Å². The van der Waals surface area contributed by atoms with Crippen LogP contribution in [-0.2, 0) is 6.42 Å². The molecule has 2 aromatic rings. The summed E-state index contributed by atoms with van der Waals surface area (Å²) < 4.78 is 19.3. The van der Waals surface area contributed by atoms with Crippen molar-refractivity contribution < 1.29 is 9.13 Å². The Balaban J connectivity index is 2.19. The van der Waals surface area contributed by atoms with Crippen LogP contribution in [0.15, 0.2) is 42.5 Å². The van der Waals surface area contributed by atoms with Gasteiger partial charge in [-0.25, -0.2) is 4.39 Å². The van der Waals surface area contributed by atoms with Gasteiger partial charge in [-0.3, -0.25) is 0 Å². The van der Waals surface area contributed by atoms with Gasteiger partial charge >= 0.3 is 0 Å². The van der Waals surface area contributed by atoms with E-state index in [-0.39, 0.29) is 5.82 Å². The van der Waals surface area contributed by atoms with Crippen molar-refractivity contribution in [1.29, 1.82) is 0 Å². The lowest BCUT2D eigenvalue weighted by Gasteiger charge is -2.15. The Hall–Kier alpha value is -1.58. The number of hydrogen-bond donors (Lipinski definition) is 1. The quantitative estimate of drug-likeness (QED) is 0.900. The molecular weight excluding hydrogens is 277 g/mol. The molecule has 0 fully saturated rings. The average Bonchev–Trinajstić information content (AvgIpc) is 2.39. The SMILES string of the molecule is CCOc1cccc(CC(N)c2c(F)cccc2Cl)c1. The Labute approximate surface area is 123 Å². The zero-order valence-electron chi connectivity index (χ0n) is 11.3. The summed E-state index contributed by atoms with van der Waals surface area (Å²) in [5, 5.41) is 0.360. The summed E-state index contributed by atoms with van der Waals surface area (Å²) in [6.07, 6.45) is 0.502. The van der Waals surface area contributed by atoms with Gasteiger partial charge in [0.15, 0.2) is 0 Å². The van der Waals surface area contributed by atoms with E-state index < -0.39 is 6.04 Å². The predicted octanol–water partition coefficient (Wildman–Crippen LogP) is 4.12. The molecule has 0 spiro atoms. The lowest BCUT2D eigenvalue weighted by molar-refractivity contribution is 0.340. The van der Waals surface area contributed by atoms with Gasteiger partial charge in [0.1, 0.15) is 11.6 Å². The number of hydrogen-bond acceptors (Lipinski definition) is 2. The van der Waals surface area contributed by atoms with Crippen LogP contribution in [0, 0.1) is 5.82 Å². The highest BCUT2D eigenvalue weighted by Crippen LogP contribution is 2.27. The summed E-state index contributed by atoms with van der Waals surface area (Å²) in [6, 6.07) is 11.7. The second kappa shape index (κ2) is 6.73. The molecule has 0 amide bonds. The van der Waals surface area contributed by atoms with Crippen molar-refractivity contribution in [2.75, 3.05) is 6.61 Å². The van der Waals surface area contributed by atoms with Gasteiger partial charge in [-0.2, -0.15) is 0 Å². The molecule has 20 heavy (non-hydrogen) atoms. The molecule has 2 nitrogen and oxygen atoms in total. The first-order valence-electron chi connectivity index (χ1n) is 6.53. The van der Waals surface area contributed by atoms with Crippen LogP contribution in [0.25, 0.3) is 0 Å². The van der Waals surface area contributed by atoms with Gasteiger partial charge in [-0.05, 0) is 43.2 Å². The molecule has 2 aromatic carbocycles. The van der Waals surface area contributed by atoms with Crippen LogP contribution < -0.4 is 10.5 Å². The lowest BCUT2D eigenvalue weighted by atomic mass is 9.99. The number of nitrogens with two attached hydrogens (primary N) is 1. The largest absolute Gasteiger partial charge is 0.494 e. The van der Waals surface area contributed by atoms with Crippen molar-refractivity contribution in [3.8, 4) is 5.75 Å². The second-order valence-electron chi connectivity index (χ2n) is 4.53. The Morgan fingerprint density at radius 1 is 1.25 bits per heavy atom. The maximum absolute atomic E-state index is 13.8. The maximum atomic E-state index is 13.8. The molecular formula is C16H17ClFNO. The first kappa shape index (κ1) is 14.8. The van der Waals surface area contributed by atoms with Crippen LogP contribution >= 0.6 is 11.6 Å². The van der Waals surface area contributed by atoms with Gasteiger partial charge in [0, 0.05) is 16.6 Å². The van der Waals surface area contributed by atoms with Crippen molar-refractivity contribution in [3.05, 3.63) is 64.4 Å². The Kier molecular flexibility index (Phi) is 4.99. The van der Waals surface area contributed by atoms with E-state index in [1.165, 1.54) is 6.07 Å². The second-order valence-corrected chi connectivity index (χ2v) is 4.93. The number of rotatable bonds is 5. The molecule has 0 saturated carbocycles. The minimum Gasteiger partial charge on any atom is -0.494 e. The third-order valence-corrected chi connectivity index (χ3v) is 3.37. The standard InChI is InChI=1S/C16H17ClFNO/c1-2-20-12-6-3-5-11(9-12)10-15(19)16-13(17)7-4-8-14(16)18/h3-9,15H,2,10,19H2,1H3. The highest BCUT2D eigenvalue weighted by Gasteiger charge is 2.15. The normalized spacial score (nSPS) is 12.2. The van der Waals surface area contributed by atoms with Gasteiger partial charge in [-0.15, -0.1) is 0 Å². The third kappa shape index (κ3) is 3.50. The van der Waals surface area contributed by atoms with E-state index in [1.54, 1.807) is 12.1 Å². The third-order valence-electron chi connectivity index (χ3n) is 3.04. The Bertz CT molecular complexity index is 568. The van der Waals surface area contributed by atoms with Gasteiger partial charge in [0.05, 0.1) is 6.61 Å². The first-order chi connectivity index (χ1) is 9.61. The Morgan fingerprint density at radius 3 is 2.70 bits per heavy atom. The van der Waals surface area contributed by atoms with Crippen molar-refractivity contribution in [3.63, 3.8) is 0 Å². The zero-order chi connectivity index (χ0) is 14.5. The molecule has 0 aliphatic rings. The van der Waals surface area contributed by atoms with E-state index in [0.717, 1.165) is 11.3 Å². The molecule has 0 aliphatic heterocycles. The molecule has 4 heteroatoms. The molecule has 2 rings (SSSR count). The van der Waals surface area contributed by atoms with Crippen LogP contribution in [0.1, 0.15) is 24.1 Å². The summed E-state index contributed by atoms with van der Waals surface area (Å²) >= 11 is 6.03. The van der Waals surface area contributed by atoms with Crippen LogP contribution in [0.2, 0.25) is 5.02 Å². The Morgan fingerprint density at radius 2 is 2.00 bits per heavy atom. The van der Waals surface area contributed by atoms with Gasteiger partial charge < -0.3 is 10.5 Å². The smallest absolute Gasteiger partial charge is 0.129 e. The summed E-state index contributed by atoms with van der Waals surface area (Å²) in [5.74, 6) is 0.419. The highest BCUT2D eigenvalue weighted by molar-refractivity contribution is 6.31. The maximum Gasteiger partial charge on any atom is 0.129 e. The molecule has 0 saturated heterocycles. The fraction of sp³-hybridized carbons (Fsp3) is 0.250. The van der Waals surface area contributed by atoms with E-state index in [0.29, 0.717) is 23.6 Å². The number of ether oxygens (including phenoxy) is 1. The fourth-order valence-electron chi connectivity index (χ4n) is 2.15. The van der Waals surface area contributed by atoms with Crippen LogP contribution in [-0.4, -0.2) is 6.61 Å². The molecule has 1 atom stereocenters. The fourth-order valence-corrected chi connectivity index (χ4v) is 2.45. The molecule has 0 radical (unpaired) electrons. The molecule has 0 aromatic heterocycles. The van der Waals surface area contributed by atoms with Crippen molar-refractivity contribution >= 4 is 11.6 Å². The van der Waals surface area contributed by atoms with E-state index in [2.05, 4.69) is 0 Å². The minimum atomic E-state index is -0.486. The number of benzene rings is 2. The zero-order valence-corrected chi connectivity index (χ0v) is 12.0. The van der Waals surface area contributed by atoms with Crippen molar-refractivity contribution in [1.82, 2.24) is 0 Å². The molecule has 0 heterocycles. The van der Waals surface area contributed by atoms with Crippen LogP contribution in [0.4, 0.5) is 4.39 Å². The van der Waals surface area contributed by atoms with Crippen molar-refractivity contribution in [2.24, 2.45) is 5.73 Å². The molecule has 2 N–H and O–H groups in total.